The number of carbonyl (C=O) groups is 1. The molecular formula is C11H22N2O3. The molecule has 1 aliphatic heterocycles. The minimum Gasteiger partial charge on any atom is -0.353 e. The molecule has 1 rings (SSSR count). The maximum atomic E-state index is 11.5. The van der Waals surface area contributed by atoms with Gasteiger partial charge in [-0.2, -0.15) is 0 Å². The molecule has 0 aromatic heterocycles. The van der Waals surface area contributed by atoms with E-state index in [1.54, 1.807) is 0 Å². The van der Waals surface area contributed by atoms with Crippen molar-refractivity contribution in [2.24, 2.45) is 5.73 Å². The summed E-state index contributed by atoms with van der Waals surface area (Å²) < 4.78 is 10.9. The first-order valence-corrected chi connectivity index (χ1v) is 5.55. The highest BCUT2D eigenvalue weighted by atomic mass is 16.7. The predicted molar refractivity (Wildman–Crippen MR) is 60.8 cm³/mol. The lowest BCUT2D eigenvalue weighted by molar-refractivity contribution is -0.139. The van der Waals surface area contributed by atoms with Gasteiger partial charge >= 0.3 is 0 Å². The molecule has 16 heavy (non-hydrogen) atoms. The van der Waals surface area contributed by atoms with Gasteiger partial charge < -0.3 is 20.5 Å². The Labute approximate surface area is 96.7 Å². The molecule has 5 nitrogen and oxygen atoms in total. The number of rotatable bonds is 4. The van der Waals surface area contributed by atoms with Gasteiger partial charge in [0.2, 0.25) is 5.91 Å². The third kappa shape index (κ3) is 4.92. The molecule has 5 heteroatoms. The Balaban J connectivity index is 2.23. The Morgan fingerprint density at radius 1 is 1.56 bits per heavy atom. The van der Waals surface area contributed by atoms with Gasteiger partial charge in [-0.05, 0) is 27.7 Å². The molecule has 1 saturated heterocycles. The molecular weight excluding hydrogens is 208 g/mol. The van der Waals surface area contributed by atoms with Gasteiger partial charge in [-0.25, -0.2) is 0 Å². The molecule has 1 amide bonds. The smallest absolute Gasteiger partial charge is 0.221 e. The molecule has 1 aliphatic rings. The van der Waals surface area contributed by atoms with Crippen LogP contribution in [0.15, 0.2) is 0 Å². The van der Waals surface area contributed by atoms with E-state index in [0.29, 0.717) is 19.6 Å². The topological polar surface area (TPSA) is 73.6 Å². The lowest BCUT2D eigenvalue weighted by Gasteiger charge is -2.19. The first-order valence-electron chi connectivity index (χ1n) is 5.55. The van der Waals surface area contributed by atoms with Crippen LogP contribution in [0.4, 0.5) is 0 Å². The number of nitrogens with one attached hydrogen (secondary N) is 1. The lowest BCUT2D eigenvalue weighted by atomic mass is 10.0. The van der Waals surface area contributed by atoms with Crippen LogP contribution in [0.25, 0.3) is 0 Å². The van der Waals surface area contributed by atoms with E-state index in [1.807, 2.05) is 27.7 Å². The van der Waals surface area contributed by atoms with Gasteiger partial charge in [-0.15, -0.1) is 0 Å². The summed E-state index contributed by atoms with van der Waals surface area (Å²) in [6.07, 6.45) is 0.240. The zero-order valence-corrected chi connectivity index (χ0v) is 10.5. The molecule has 0 radical (unpaired) electrons. The fraction of sp³-hybridized carbons (Fsp3) is 0.909. The normalized spacial score (nSPS) is 24.4. The van der Waals surface area contributed by atoms with Crippen molar-refractivity contribution in [1.82, 2.24) is 5.32 Å². The van der Waals surface area contributed by atoms with Crippen molar-refractivity contribution in [1.29, 1.82) is 0 Å². The SMILES string of the molecule is CC(C)(N)CC(=O)NCC1COC(C)(C)O1. The number of ether oxygens (including phenoxy) is 2. The molecule has 0 saturated carbocycles. The first-order chi connectivity index (χ1) is 7.18. The van der Waals surface area contributed by atoms with Gasteiger partial charge in [0, 0.05) is 18.5 Å². The van der Waals surface area contributed by atoms with Crippen molar-refractivity contribution >= 4 is 5.91 Å². The van der Waals surface area contributed by atoms with E-state index in [9.17, 15) is 4.79 Å². The Morgan fingerprint density at radius 2 is 2.19 bits per heavy atom. The fourth-order valence-corrected chi connectivity index (χ4v) is 1.57. The molecule has 1 unspecified atom stereocenters. The van der Waals surface area contributed by atoms with E-state index < -0.39 is 11.3 Å². The minimum absolute atomic E-state index is 0.0548. The largest absolute Gasteiger partial charge is 0.353 e. The van der Waals surface area contributed by atoms with Crippen LogP contribution in [-0.2, 0) is 14.3 Å². The van der Waals surface area contributed by atoms with E-state index in [-0.39, 0.29) is 12.0 Å². The van der Waals surface area contributed by atoms with Gasteiger partial charge in [0.15, 0.2) is 5.79 Å². The molecule has 0 aromatic carbocycles. The molecule has 0 spiro atoms. The number of hydrogen-bond acceptors (Lipinski definition) is 4. The molecule has 94 valence electrons. The van der Waals surface area contributed by atoms with Crippen molar-refractivity contribution < 1.29 is 14.3 Å². The second-order valence-corrected chi connectivity index (χ2v) is 5.42. The summed E-state index contributed by atoms with van der Waals surface area (Å²) in [6, 6.07) is 0. The van der Waals surface area contributed by atoms with Crippen LogP contribution in [0.5, 0.6) is 0 Å². The van der Waals surface area contributed by atoms with Crippen LogP contribution in [-0.4, -0.2) is 36.5 Å². The highest BCUT2D eigenvalue weighted by Crippen LogP contribution is 2.21. The van der Waals surface area contributed by atoms with Crippen molar-refractivity contribution in [3.8, 4) is 0 Å². The number of hydrogen-bond donors (Lipinski definition) is 2. The Kier molecular flexibility index (Phi) is 3.93. The highest BCUT2D eigenvalue weighted by molar-refractivity contribution is 5.77. The quantitative estimate of drug-likeness (QED) is 0.732. The summed E-state index contributed by atoms with van der Waals surface area (Å²) in [6.45, 7) is 8.35. The summed E-state index contributed by atoms with van der Waals surface area (Å²) in [7, 11) is 0. The van der Waals surface area contributed by atoms with E-state index in [2.05, 4.69) is 5.32 Å². The lowest BCUT2D eigenvalue weighted by Crippen LogP contribution is -2.41. The minimum atomic E-state index is -0.539. The van der Waals surface area contributed by atoms with E-state index in [1.165, 1.54) is 0 Å². The fourth-order valence-electron chi connectivity index (χ4n) is 1.57. The summed E-state index contributed by atoms with van der Waals surface area (Å²) in [5, 5.41) is 2.79. The van der Waals surface area contributed by atoms with Gasteiger partial charge in [0.1, 0.15) is 6.10 Å². The zero-order chi connectivity index (χ0) is 12.4. The van der Waals surface area contributed by atoms with Crippen LogP contribution >= 0.6 is 0 Å². The zero-order valence-electron chi connectivity index (χ0n) is 10.5. The highest BCUT2D eigenvalue weighted by Gasteiger charge is 2.32. The molecule has 1 fully saturated rings. The summed E-state index contributed by atoms with van der Waals surface area (Å²) >= 11 is 0. The Bertz CT molecular complexity index is 258. The van der Waals surface area contributed by atoms with Crippen molar-refractivity contribution in [3.63, 3.8) is 0 Å². The van der Waals surface area contributed by atoms with Gasteiger partial charge in [0.25, 0.3) is 0 Å². The molecule has 3 N–H and O–H groups in total. The van der Waals surface area contributed by atoms with Gasteiger partial charge in [0.05, 0.1) is 6.61 Å². The average Bonchev–Trinajstić information content (AvgIpc) is 2.39. The molecule has 0 aromatic rings. The van der Waals surface area contributed by atoms with E-state index >= 15 is 0 Å². The Hall–Kier alpha value is -0.650. The van der Waals surface area contributed by atoms with E-state index in [0.717, 1.165) is 0 Å². The van der Waals surface area contributed by atoms with Crippen LogP contribution in [0, 0.1) is 0 Å². The Morgan fingerprint density at radius 3 is 2.62 bits per heavy atom. The number of carbonyl (C=O) groups excluding carboxylic acids is 1. The second kappa shape index (κ2) is 4.69. The number of nitrogens with two attached hydrogens (primary N) is 1. The van der Waals surface area contributed by atoms with Crippen molar-refractivity contribution in [2.45, 2.75) is 51.5 Å². The molecule has 0 bridgehead atoms. The molecule has 0 aliphatic carbocycles. The summed E-state index contributed by atoms with van der Waals surface area (Å²) in [5.74, 6) is -0.594. The van der Waals surface area contributed by atoms with Crippen molar-refractivity contribution in [2.75, 3.05) is 13.2 Å². The van der Waals surface area contributed by atoms with Gasteiger partial charge in [-0.1, -0.05) is 0 Å². The average molecular weight is 230 g/mol. The van der Waals surface area contributed by atoms with E-state index in [4.69, 9.17) is 15.2 Å². The standard InChI is InChI=1S/C11H22N2O3/c1-10(2,12)5-9(14)13-6-8-7-15-11(3,4)16-8/h8H,5-7,12H2,1-4H3,(H,13,14). The molecule has 1 atom stereocenters. The first kappa shape index (κ1) is 13.4. The second-order valence-electron chi connectivity index (χ2n) is 5.42. The predicted octanol–water partition coefficient (Wildman–Crippen LogP) is 0.382. The van der Waals surface area contributed by atoms with Crippen LogP contribution in [0.3, 0.4) is 0 Å². The van der Waals surface area contributed by atoms with Crippen molar-refractivity contribution in [3.05, 3.63) is 0 Å². The maximum absolute atomic E-state index is 11.5. The monoisotopic (exact) mass is 230 g/mol. The van der Waals surface area contributed by atoms with Gasteiger partial charge in [-0.3, -0.25) is 4.79 Å². The van der Waals surface area contributed by atoms with Crippen LogP contribution < -0.4 is 11.1 Å². The van der Waals surface area contributed by atoms with Crippen LogP contribution in [0.1, 0.15) is 34.1 Å². The summed E-state index contributed by atoms with van der Waals surface area (Å²) in [4.78, 5) is 11.5. The third-order valence-electron chi connectivity index (χ3n) is 2.21. The molecule has 1 heterocycles. The number of amides is 1. The third-order valence-corrected chi connectivity index (χ3v) is 2.21. The van der Waals surface area contributed by atoms with Crippen LogP contribution in [0.2, 0.25) is 0 Å². The maximum Gasteiger partial charge on any atom is 0.221 e. The summed E-state index contributed by atoms with van der Waals surface area (Å²) in [5.41, 5.74) is 5.27.